The summed E-state index contributed by atoms with van der Waals surface area (Å²) in [7, 11) is 0. The van der Waals surface area contributed by atoms with Gasteiger partial charge < -0.3 is 9.64 Å². The van der Waals surface area contributed by atoms with E-state index in [1.54, 1.807) is 42.5 Å². The summed E-state index contributed by atoms with van der Waals surface area (Å²) in [5.41, 5.74) is 0.929. The average molecular weight is 515 g/mol. The highest BCUT2D eigenvalue weighted by Gasteiger charge is 2.50. The van der Waals surface area contributed by atoms with E-state index < -0.39 is 11.9 Å². The zero-order chi connectivity index (χ0) is 24.9. The van der Waals surface area contributed by atoms with Gasteiger partial charge in [0.2, 0.25) is 17.7 Å². The van der Waals surface area contributed by atoms with Gasteiger partial charge in [0.25, 0.3) is 0 Å². The molecular formula is C26H24Cl2N2O5. The second-order valence-corrected chi connectivity index (χ2v) is 10.3. The van der Waals surface area contributed by atoms with Crippen LogP contribution in [0.4, 0.5) is 11.4 Å². The molecule has 0 spiro atoms. The highest BCUT2D eigenvalue weighted by molar-refractivity contribution is 6.44. The summed E-state index contributed by atoms with van der Waals surface area (Å²) < 4.78 is 5.50. The lowest BCUT2D eigenvalue weighted by Gasteiger charge is -2.25. The summed E-state index contributed by atoms with van der Waals surface area (Å²) in [6.45, 7) is 2.24. The second kappa shape index (κ2) is 9.28. The van der Waals surface area contributed by atoms with Crippen LogP contribution in [0.2, 0.25) is 10.0 Å². The van der Waals surface area contributed by atoms with Crippen molar-refractivity contribution < 1.29 is 23.9 Å². The number of halogens is 2. The van der Waals surface area contributed by atoms with Gasteiger partial charge in [0.1, 0.15) is 5.75 Å². The summed E-state index contributed by atoms with van der Waals surface area (Å²) in [5.74, 6) is -1.54. The first kappa shape index (κ1) is 23.8. The van der Waals surface area contributed by atoms with Gasteiger partial charge in [-0.05, 0) is 61.6 Å². The number of imide groups is 1. The van der Waals surface area contributed by atoms with Crippen LogP contribution in [0.5, 0.6) is 5.75 Å². The van der Waals surface area contributed by atoms with Crippen molar-refractivity contribution in [2.75, 3.05) is 16.3 Å². The summed E-state index contributed by atoms with van der Waals surface area (Å²) >= 11 is 12.3. The molecule has 1 aliphatic carbocycles. The van der Waals surface area contributed by atoms with E-state index in [1.165, 1.54) is 9.80 Å². The molecule has 0 unspecified atom stereocenters. The largest absolute Gasteiger partial charge is 0.426 e. The molecule has 35 heavy (non-hydrogen) atoms. The van der Waals surface area contributed by atoms with E-state index in [9.17, 15) is 19.2 Å². The van der Waals surface area contributed by atoms with Crippen LogP contribution in [0, 0.1) is 23.7 Å². The molecule has 2 heterocycles. The van der Waals surface area contributed by atoms with Crippen LogP contribution in [0.25, 0.3) is 0 Å². The van der Waals surface area contributed by atoms with Crippen molar-refractivity contribution in [2.45, 2.75) is 32.6 Å². The van der Waals surface area contributed by atoms with E-state index in [-0.39, 0.29) is 53.3 Å². The van der Waals surface area contributed by atoms with Crippen LogP contribution >= 0.6 is 23.2 Å². The molecule has 182 valence electrons. The van der Waals surface area contributed by atoms with E-state index in [2.05, 4.69) is 6.92 Å². The van der Waals surface area contributed by atoms with Gasteiger partial charge in [-0.1, -0.05) is 36.2 Å². The average Bonchev–Trinajstić information content (AvgIpc) is 3.33. The Kier molecular flexibility index (Phi) is 6.32. The number of hydrogen-bond donors (Lipinski definition) is 0. The maximum absolute atomic E-state index is 12.9. The molecule has 3 amide bonds. The number of benzene rings is 2. The molecule has 3 fully saturated rings. The standard InChI is InChI=1S/C26H24Cl2N2O5/c1-14-5-10-18-19(11-14)25(33)30(24(18)32)16-6-8-17(9-7-16)35-26(34)15-12-22(31)29(13-15)21-4-2-3-20(27)23(21)28/h2-4,6-9,14-15,18-19H,5,10-13H2,1H3/t14-,15-,18+,19-/m1/s1. The van der Waals surface area contributed by atoms with Crippen molar-refractivity contribution in [1.82, 2.24) is 0 Å². The van der Waals surface area contributed by atoms with E-state index >= 15 is 0 Å². The molecule has 0 N–H and O–H groups in total. The monoisotopic (exact) mass is 514 g/mol. The Bertz CT molecular complexity index is 1210. The molecule has 1 saturated carbocycles. The molecule has 9 heteroatoms. The first-order valence-electron chi connectivity index (χ1n) is 11.7. The minimum atomic E-state index is -0.663. The van der Waals surface area contributed by atoms with Gasteiger partial charge in [-0.3, -0.25) is 24.1 Å². The van der Waals surface area contributed by atoms with Gasteiger partial charge in [0.05, 0.1) is 39.2 Å². The van der Waals surface area contributed by atoms with Crippen molar-refractivity contribution >= 4 is 58.3 Å². The number of ether oxygens (including phenoxy) is 1. The molecule has 0 aromatic heterocycles. The smallest absolute Gasteiger partial charge is 0.316 e. The maximum Gasteiger partial charge on any atom is 0.316 e. The van der Waals surface area contributed by atoms with Gasteiger partial charge in [-0.25, -0.2) is 0 Å². The summed E-state index contributed by atoms with van der Waals surface area (Å²) in [5, 5.41) is 0.583. The highest BCUT2D eigenvalue weighted by atomic mass is 35.5. The first-order chi connectivity index (χ1) is 16.7. The van der Waals surface area contributed by atoms with Crippen LogP contribution in [-0.2, 0) is 19.2 Å². The molecule has 2 aliphatic heterocycles. The Morgan fingerprint density at radius 3 is 2.43 bits per heavy atom. The number of amides is 3. The van der Waals surface area contributed by atoms with E-state index in [1.807, 2.05) is 0 Å². The number of nitrogens with zero attached hydrogens (tertiary/aromatic N) is 2. The first-order valence-corrected chi connectivity index (χ1v) is 12.4. The molecule has 4 atom stereocenters. The number of esters is 1. The van der Waals surface area contributed by atoms with Crippen LogP contribution in [0.3, 0.4) is 0 Å². The Hall–Kier alpha value is -2.90. The van der Waals surface area contributed by atoms with Gasteiger partial charge in [-0.15, -0.1) is 0 Å². The molecule has 3 aliphatic rings. The van der Waals surface area contributed by atoms with Gasteiger partial charge in [0.15, 0.2) is 0 Å². The Labute approximate surface area is 212 Å². The molecular weight excluding hydrogens is 491 g/mol. The van der Waals surface area contributed by atoms with Gasteiger partial charge in [0, 0.05) is 13.0 Å². The Morgan fingerprint density at radius 2 is 1.69 bits per heavy atom. The molecule has 7 nitrogen and oxygen atoms in total. The molecule has 2 aromatic rings. The third-order valence-electron chi connectivity index (χ3n) is 7.18. The molecule has 0 bridgehead atoms. The lowest BCUT2D eigenvalue weighted by atomic mass is 9.76. The van der Waals surface area contributed by atoms with Crippen molar-refractivity contribution in [3.8, 4) is 5.75 Å². The van der Waals surface area contributed by atoms with Crippen LogP contribution < -0.4 is 14.5 Å². The predicted octanol–water partition coefficient (Wildman–Crippen LogP) is 4.88. The molecule has 2 aromatic carbocycles. The zero-order valence-electron chi connectivity index (χ0n) is 19.1. The summed E-state index contributed by atoms with van der Waals surface area (Å²) in [4.78, 5) is 53.8. The lowest BCUT2D eigenvalue weighted by molar-refractivity contribution is -0.139. The fourth-order valence-electron chi connectivity index (χ4n) is 5.31. The van der Waals surface area contributed by atoms with Crippen molar-refractivity contribution in [2.24, 2.45) is 23.7 Å². The number of carbonyl (C=O) groups excluding carboxylic acids is 4. The molecule has 2 saturated heterocycles. The second-order valence-electron chi connectivity index (χ2n) is 9.54. The number of carbonyl (C=O) groups is 4. The highest BCUT2D eigenvalue weighted by Crippen LogP contribution is 2.42. The molecule has 5 rings (SSSR count). The van der Waals surface area contributed by atoms with E-state index in [0.29, 0.717) is 22.3 Å². The maximum atomic E-state index is 12.9. The zero-order valence-corrected chi connectivity index (χ0v) is 20.6. The normalized spacial score (nSPS) is 26.3. The third-order valence-corrected chi connectivity index (χ3v) is 7.99. The van der Waals surface area contributed by atoms with Crippen molar-refractivity contribution in [3.63, 3.8) is 0 Å². The quantitative estimate of drug-likeness (QED) is 0.330. The fraction of sp³-hybridized carbons (Fsp3) is 0.385. The number of fused-ring (bicyclic) bond motifs is 1. The predicted molar refractivity (Wildman–Crippen MR) is 131 cm³/mol. The SMILES string of the molecule is C[C@@H]1CC[C@@H]2C(=O)N(c3ccc(OC(=O)[C@@H]4CC(=O)N(c5cccc(Cl)c5Cl)C4)cc3)C(=O)[C@@H]2C1. The minimum absolute atomic E-state index is 0.00224. The van der Waals surface area contributed by atoms with Gasteiger partial charge in [-0.2, -0.15) is 0 Å². The van der Waals surface area contributed by atoms with Crippen LogP contribution in [0.1, 0.15) is 32.6 Å². The number of hydrogen-bond acceptors (Lipinski definition) is 5. The van der Waals surface area contributed by atoms with Crippen molar-refractivity contribution in [1.29, 1.82) is 0 Å². The lowest BCUT2D eigenvalue weighted by Crippen LogP contribution is -2.30. The Balaban J connectivity index is 1.25. The summed E-state index contributed by atoms with van der Waals surface area (Å²) in [6, 6.07) is 11.3. The van der Waals surface area contributed by atoms with E-state index in [0.717, 1.165) is 19.3 Å². The van der Waals surface area contributed by atoms with E-state index in [4.69, 9.17) is 27.9 Å². The Morgan fingerprint density at radius 1 is 0.971 bits per heavy atom. The number of anilines is 2. The topological polar surface area (TPSA) is 84.0 Å². The third kappa shape index (κ3) is 4.32. The van der Waals surface area contributed by atoms with Crippen LogP contribution in [-0.4, -0.2) is 30.2 Å². The van der Waals surface area contributed by atoms with Crippen molar-refractivity contribution in [3.05, 3.63) is 52.5 Å². The van der Waals surface area contributed by atoms with Gasteiger partial charge >= 0.3 is 5.97 Å². The fourth-order valence-corrected chi connectivity index (χ4v) is 5.70. The molecule has 0 radical (unpaired) electrons. The van der Waals surface area contributed by atoms with Crippen LogP contribution in [0.15, 0.2) is 42.5 Å². The minimum Gasteiger partial charge on any atom is -0.426 e. The summed E-state index contributed by atoms with van der Waals surface area (Å²) in [6.07, 6.45) is 2.42. The number of rotatable bonds is 4.